The van der Waals surface area contributed by atoms with Crippen LogP contribution in [0.4, 0.5) is 0 Å². The highest BCUT2D eigenvalue weighted by Gasteiger charge is 2.13. The van der Waals surface area contributed by atoms with E-state index in [1.807, 2.05) is 61.3 Å². The summed E-state index contributed by atoms with van der Waals surface area (Å²) in [5.41, 5.74) is 2.13. The van der Waals surface area contributed by atoms with Gasteiger partial charge in [0.2, 0.25) is 5.91 Å². The van der Waals surface area contributed by atoms with E-state index < -0.39 is 0 Å². The molecule has 0 radical (unpaired) electrons. The third kappa shape index (κ3) is 4.86. The fourth-order valence-corrected chi connectivity index (χ4v) is 2.69. The lowest BCUT2D eigenvalue weighted by molar-refractivity contribution is -0.122. The second-order valence-corrected chi connectivity index (χ2v) is 5.88. The van der Waals surface area contributed by atoms with Gasteiger partial charge in [0.15, 0.2) is 0 Å². The van der Waals surface area contributed by atoms with Crippen molar-refractivity contribution in [2.45, 2.75) is 19.5 Å². The Hall–Kier alpha value is -1.84. The Labute approximate surface area is 136 Å². The van der Waals surface area contributed by atoms with Gasteiger partial charge in [0.05, 0.1) is 12.6 Å². The summed E-state index contributed by atoms with van der Waals surface area (Å²) < 4.78 is 0. The third-order valence-corrected chi connectivity index (χ3v) is 3.80. The van der Waals surface area contributed by atoms with Crippen LogP contribution in [0.15, 0.2) is 54.6 Å². The van der Waals surface area contributed by atoms with Crippen molar-refractivity contribution in [3.05, 3.63) is 70.7 Å². The van der Waals surface area contributed by atoms with E-state index in [0.29, 0.717) is 11.6 Å². The van der Waals surface area contributed by atoms with Crippen molar-refractivity contribution in [3.8, 4) is 0 Å². The first-order valence-electron chi connectivity index (χ1n) is 7.32. The zero-order chi connectivity index (χ0) is 15.9. The number of amides is 1. The topological polar surface area (TPSA) is 32.3 Å². The second kappa shape index (κ2) is 7.97. The van der Waals surface area contributed by atoms with Gasteiger partial charge in [0.1, 0.15) is 0 Å². The molecular formula is C18H21ClN2O. The highest BCUT2D eigenvalue weighted by atomic mass is 35.5. The molecule has 0 aliphatic rings. The van der Waals surface area contributed by atoms with Crippen LogP contribution in [0.5, 0.6) is 0 Å². The van der Waals surface area contributed by atoms with Crippen LogP contribution in [0.25, 0.3) is 0 Å². The molecule has 2 rings (SSSR count). The standard InChI is InChI=1S/C18H21ClN2O/c1-14(16-10-6-7-11-17(16)19)20-18(22)13-21(2)12-15-8-4-3-5-9-15/h3-11,14H,12-13H2,1-2H3,(H,20,22). The molecule has 0 saturated carbocycles. The smallest absolute Gasteiger partial charge is 0.234 e. The van der Waals surface area contributed by atoms with Gasteiger partial charge in [-0.25, -0.2) is 0 Å². The maximum absolute atomic E-state index is 12.1. The lowest BCUT2D eigenvalue weighted by Crippen LogP contribution is -2.36. The first kappa shape index (κ1) is 16.5. The Bertz CT molecular complexity index is 615. The summed E-state index contributed by atoms with van der Waals surface area (Å²) in [4.78, 5) is 14.1. The van der Waals surface area contributed by atoms with Crippen molar-refractivity contribution in [3.63, 3.8) is 0 Å². The molecule has 0 aromatic heterocycles. The van der Waals surface area contributed by atoms with E-state index in [-0.39, 0.29) is 11.9 Å². The van der Waals surface area contributed by atoms with E-state index in [4.69, 9.17) is 11.6 Å². The zero-order valence-corrected chi connectivity index (χ0v) is 13.7. The molecule has 22 heavy (non-hydrogen) atoms. The Morgan fingerprint density at radius 1 is 1.14 bits per heavy atom. The molecule has 0 heterocycles. The molecule has 1 N–H and O–H groups in total. The monoisotopic (exact) mass is 316 g/mol. The van der Waals surface area contributed by atoms with Crippen LogP contribution in [0.3, 0.4) is 0 Å². The molecule has 0 aliphatic carbocycles. The van der Waals surface area contributed by atoms with E-state index in [0.717, 1.165) is 12.1 Å². The maximum Gasteiger partial charge on any atom is 0.234 e. The molecule has 1 amide bonds. The normalized spacial score (nSPS) is 12.2. The molecule has 1 unspecified atom stereocenters. The van der Waals surface area contributed by atoms with Gasteiger partial charge in [-0.2, -0.15) is 0 Å². The minimum atomic E-state index is -0.105. The summed E-state index contributed by atoms with van der Waals surface area (Å²) in [6.45, 7) is 3.04. The van der Waals surface area contributed by atoms with Gasteiger partial charge < -0.3 is 5.32 Å². The fraction of sp³-hybridized carbons (Fsp3) is 0.278. The van der Waals surface area contributed by atoms with Crippen molar-refractivity contribution in [2.75, 3.05) is 13.6 Å². The molecule has 3 nitrogen and oxygen atoms in total. The molecule has 0 bridgehead atoms. The van der Waals surface area contributed by atoms with Crippen LogP contribution in [0.1, 0.15) is 24.1 Å². The fourth-order valence-electron chi connectivity index (χ4n) is 2.39. The number of carbonyl (C=O) groups is 1. The molecule has 2 aromatic rings. The van der Waals surface area contributed by atoms with Crippen LogP contribution in [0, 0.1) is 0 Å². The van der Waals surface area contributed by atoms with Gasteiger partial charge in [-0.3, -0.25) is 9.69 Å². The Morgan fingerprint density at radius 3 is 2.45 bits per heavy atom. The summed E-state index contributed by atoms with van der Waals surface area (Å²) in [5, 5.41) is 3.66. The van der Waals surface area contributed by atoms with E-state index >= 15 is 0 Å². The molecule has 0 aliphatic heterocycles. The van der Waals surface area contributed by atoms with Crippen LogP contribution in [-0.4, -0.2) is 24.4 Å². The first-order valence-corrected chi connectivity index (χ1v) is 7.70. The van der Waals surface area contributed by atoms with Crippen molar-refractivity contribution in [1.82, 2.24) is 10.2 Å². The molecule has 2 aromatic carbocycles. The second-order valence-electron chi connectivity index (χ2n) is 5.47. The quantitative estimate of drug-likeness (QED) is 0.882. The van der Waals surface area contributed by atoms with E-state index in [2.05, 4.69) is 17.4 Å². The molecule has 4 heteroatoms. The number of carbonyl (C=O) groups excluding carboxylic acids is 1. The minimum absolute atomic E-state index is 0.00847. The van der Waals surface area contributed by atoms with Crippen LogP contribution >= 0.6 is 11.6 Å². The van der Waals surface area contributed by atoms with Gasteiger partial charge >= 0.3 is 0 Å². The average Bonchev–Trinajstić information content (AvgIpc) is 2.48. The largest absolute Gasteiger partial charge is 0.348 e. The molecule has 116 valence electrons. The lowest BCUT2D eigenvalue weighted by atomic mass is 10.1. The number of halogens is 1. The highest BCUT2D eigenvalue weighted by molar-refractivity contribution is 6.31. The van der Waals surface area contributed by atoms with E-state index in [9.17, 15) is 4.79 Å². The molecule has 0 saturated heterocycles. The molecule has 1 atom stereocenters. The number of hydrogen-bond donors (Lipinski definition) is 1. The van der Waals surface area contributed by atoms with Crippen LogP contribution in [-0.2, 0) is 11.3 Å². The van der Waals surface area contributed by atoms with Gasteiger partial charge in [-0.1, -0.05) is 60.1 Å². The minimum Gasteiger partial charge on any atom is -0.348 e. The number of hydrogen-bond acceptors (Lipinski definition) is 2. The van der Waals surface area contributed by atoms with E-state index in [1.54, 1.807) is 0 Å². The van der Waals surface area contributed by atoms with Gasteiger partial charge in [-0.15, -0.1) is 0 Å². The number of likely N-dealkylation sites (N-methyl/N-ethyl adjacent to an activating group) is 1. The number of nitrogens with one attached hydrogen (secondary N) is 1. The van der Waals surface area contributed by atoms with Gasteiger partial charge in [-0.05, 0) is 31.2 Å². The Balaban J connectivity index is 1.86. The van der Waals surface area contributed by atoms with Crippen LogP contribution in [0.2, 0.25) is 5.02 Å². The molecular weight excluding hydrogens is 296 g/mol. The number of rotatable bonds is 6. The third-order valence-electron chi connectivity index (χ3n) is 3.46. The van der Waals surface area contributed by atoms with Gasteiger partial charge in [0.25, 0.3) is 0 Å². The summed E-state index contributed by atoms with van der Waals surface area (Å²) in [5.74, 6) is -0.00847. The van der Waals surface area contributed by atoms with Crippen molar-refractivity contribution in [1.29, 1.82) is 0 Å². The summed E-state index contributed by atoms with van der Waals surface area (Å²) in [6, 6.07) is 17.6. The Morgan fingerprint density at radius 2 is 1.77 bits per heavy atom. The van der Waals surface area contributed by atoms with E-state index in [1.165, 1.54) is 5.56 Å². The molecule has 0 fully saturated rings. The van der Waals surface area contributed by atoms with Crippen molar-refractivity contribution in [2.24, 2.45) is 0 Å². The highest BCUT2D eigenvalue weighted by Crippen LogP contribution is 2.21. The van der Waals surface area contributed by atoms with Crippen molar-refractivity contribution < 1.29 is 4.79 Å². The summed E-state index contributed by atoms with van der Waals surface area (Å²) in [7, 11) is 1.94. The summed E-state index contributed by atoms with van der Waals surface area (Å²) in [6.07, 6.45) is 0. The average molecular weight is 317 g/mol. The number of nitrogens with zero attached hydrogens (tertiary/aromatic N) is 1. The predicted molar refractivity (Wildman–Crippen MR) is 90.8 cm³/mol. The van der Waals surface area contributed by atoms with Crippen molar-refractivity contribution >= 4 is 17.5 Å². The SMILES string of the molecule is CC(NC(=O)CN(C)Cc1ccccc1)c1ccccc1Cl. The summed E-state index contributed by atoms with van der Waals surface area (Å²) >= 11 is 6.15. The predicted octanol–water partition coefficient (Wildman–Crippen LogP) is 3.65. The maximum atomic E-state index is 12.1. The van der Waals surface area contributed by atoms with Crippen LogP contribution < -0.4 is 5.32 Å². The number of benzene rings is 2. The Kier molecular flexibility index (Phi) is 5.99. The zero-order valence-electron chi connectivity index (χ0n) is 12.9. The lowest BCUT2D eigenvalue weighted by Gasteiger charge is -2.20. The van der Waals surface area contributed by atoms with Gasteiger partial charge in [0, 0.05) is 11.6 Å². The first-order chi connectivity index (χ1) is 10.6. The molecule has 0 spiro atoms.